The lowest BCUT2D eigenvalue weighted by Crippen LogP contribution is -2.28. The highest BCUT2D eigenvalue weighted by Gasteiger charge is 2.24. The van der Waals surface area contributed by atoms with Crippen molar-refractivity contribution in [3.8, 4) is 12.3 Å². The van der Waals surface area contributed by atoms with Gasteiger partial charge in [-0.2, -0.15) is 4.31 Å². The van der Waals surface area contributed by atoms with Crippen molar-refractivity contribution in [2.24, 2.45) is 0 Å². The maximum Gasteiger partial charge on any atom is 0.245 e. The van der Waals surface area contributed by atoms with E-state index in [9.17, 15) is 8.42 Å². The summed E-state index contributed by atoms with van der Waals surface area (Å²) in [5, 5.41) is 3.69. The number of rotatable bonds is 6. The molecule has 0 aliphatic heterocycles. The largest absolute Gasteiger partial charge is 0.310 e. The van der Waals surface area contributed by atoms with Crippen LogP contribution in [0.2, 0.25) is 10.0 Å². The van der Waals surface area contributed by atoms with Gasteiger partial charge >= 0.3 is 0 Å². The Morgan fingerprint density at radius 2 is 1.95 bits per heavy atom. The van der Waals surface area contributed by atoms with Gasteiger partial charge in [0.15, 0.2) is 0 Å². The van der Waals surface area contributed by atoms with E-state index in [1.54, 1.807) is 0 Å². The Hall–Kier alpha value is -0.770. The molecule has 0 aliphatic rings. The van der Waals surface area contributed by atoms with Crippen LogP contribution >= 0.6 is 23.2 Å². The Balaban J connectivity index is 3.25. The molecule has 0 saturated carbocycles. The highest BCUT2D eigenvalue weighted by Crippen LogP contribution is 2.30. The van der Waals surface area contributed by atoms with Crippen molar-refractivity contribution in [3.05, 3.63) is 27.7 Å². The van der Waals surface area contributed by atoms with E-state index in [-0.39, 0.29) is 22.5 Å². The Morgan fingerprint density at radius 1 is 1.33 bits per heavy atom. The van der Waals surface area contributed by atoms with Gasteiger partial charge in [-0.05, 0) is 17.7 Å². The molecule has 1 rings (SSSR count). The molecule has 21 heavy (non-hydrogen) atoms. The summed E-state index contributed by atoms with van der Waals surface area (Å²) in [6.07, 6.45) is 5.16. The molecule has 4 nitrogen and oxygen atoms in total. The minimum atomic E-state index is -3.74. The van der Waals surface area contributed by atoms with Gasteiger partial charge in [-0.3, -0.25) is 0 Å². The van der Waals surface area contributed by atoms with Crippen LogP contribution in [0.4, 0.5) is 0 Å². The normalized spacial score (nSPS) is 11.9. The molecule has 0 unspecified atom stereocenters. The highest BCUT2D eigenvalue weighted by atomic mass is 35.5. The summed E-state index contributed by atoms with van der Waals surface area (Å²) in [6, 6.07) is 3.18. The molecule has 0 radical (unpaired) electrons. The Morgan fingerprint density at radius 3 is 2.48 bits per heavy atom. The molecule has 0 aromatic heterocycles. The van der Waals surface area contributed by atoms with Crippen molar-refractivity contribution >= 4 is 33.2 Å². The Kier molecular flexibility index (Phi) is 6.51. The second kappa shape index (κ2) is 7.48. The first-order valence-corrected chi connectivity index (χ1v) is 8.50. The van der Waals surface area contributed by atoms with Gasteiger partial charge in [0.2, 0.25) is 10.0 Å². The lowest BCUT2D eigenvalue weighted by atomic mass is 10.2. The topological polar surface area (TPSA) is 49.4 Å². The number of sulfonamides is 1. The lowest BCUT2D eigenvalue weighted by molar-refractivity contribution is 0.503. The van der Waals surface area contributed by atoms with E-state index in [1.165, 1.54) is 19.2 Å². The van der Waals surface area contributed by atoms with Crippen LogP contribution in [0, 0.1) is 12.3 Å². The maximum absolute atomic E-state index is 12.4. The van der Waals surface area contributed by atoms with E-state index in [4.69, 9.17) is 29.6 Å². The van der Waals surface area contributed by atoms with Gasteiger partial charge in [-0.25, -0.2) is 8.42 Å². The molecule has 0 spiro atoms. The smallest absolute Gasteiger partial charge is 0.245 e. The zero-order valence-corrected chi connectivity index (χ0v) is 14.5. The highest BCUT2D eigenvalue weighted by molar-refractivity contribution is 7.89. The van der Waals surface area contributed by atoms with E-state index >= 15 is 0 Å². The molecule has 116 valence electrons. The number of hydrogen-bond acceptors (Lipinski definition) is 3. The summed E-state index contributed by atoms with van der Waals surface area (Å²) in [5.41, 5.74) is 0.669. The van der Waals surface area contributed by atoms with E-state index in [0.717, 1.165) is 4.31 Å². The number of terminal acetylenes is 1. The molecule has 1 aromatic rings. The van der Waals surface area contributed by atoms with Crippen LogP contribution in [0.1, 0.15) is 19.4 Å². The molecule has 1 aromatic carbocycles. The number of nitrogens with one attached hydrogen (secondary N) is 1. The molecular formula is C14H18Cl2N2O2S. The fraction of sp³-hybridized carbons (Fsp3) is 0.429. The molecule has 1 N–H and O–H groups in total. The Bertz CT molecular complexity index is 652. The molecule has 0 fully saturated rings. The second-order valence-electron chi connectivity index (χ2n) is 4.87. The summed E-state index contributed by atoms with van der Waals surface area (Å²) in [6.45, 7) is 4.40. The minimum Gasteiger partial charge on any atom is -0.310 e. The van der Waals surface area contributed by atoms with Gasteiger partial charge in [-0.15, -0.1) is 6.42 Å². The molecule has 0 saturated heterocycles. The first-order chi connectivity index (χ1) is 9.70. The third-order valence-corrected chi connectivity index (χ3v) is 5.42. The second-order valence-corrected chi connectivity index (χ2v) is 7.70. The molecule has 7 heteroatoms. The predicted molar refractivity (Wildman–Crippen MR) is 87.1 cm³/mol. The summed E-state index contributed by atoms with van der Waals surface area (Å²) in [7, 11) is -2.33. The van der Waals surface area contributed by atoms with Crippen LogP contribution in [0.15, 0.2) is 17.0 Å². The fourth-order valence-electron chi connectivity index (χ4n) is 1.60. The summed E-state index contributed by atoms with van der Waals surface area (Å²) in [4.78, 5) is 0.00636. The van der Waals surface area contributed by atoms with Crippen LogP contribution in [-0.4, -0.2) is 32.4 Å². The summed E-state index contributed by atoms with van der Waals surface area (Å²) < 4.78 is 25.9. The van der Waals surface area contributed by atoms with Gasteiger partial charge in [-0.1, -0.05) is 43.0 Å². The van der Waals surface area contributed by atoms with Crippen LogP contribution in [0.5, 0.6) is 0 Å². The summed E-state index contributed by atoms with van der Waals surface area (Å²) in [5.74, 6) is 2.29. The molecule has 0 amide bonds. The number of halogens is 2. The van der Waals surface area contributed by atoms with Crippen molar-refractivity contribution in [3.63, 3.8) is 0 Å². The Labute approximate surface area is 136 Å². The van der Waals surface area contributed by atoms with Crippen LogP contribution in [0.3, 0.4) is 0 Å². The van der Waals surface area contributed by atoms with Crippen molar-refractivity contribution < 1.29 is 8.42 Å². The predicted octanol–water partition coefficient (Wildman–Crippen LogP) is 2.75. The third-order valence-electron chi connectivity index (χ3n) is 2.80. The maximum atomic E-state index is 12.4. The van der Waals surface area contributed by atoms with Gasteiger partial charge in [0.25, 0.3) is 0 Å². The van der Waals surface area contributed by atoms with E-state index in [1.807, 2.05) is 13.8 Å². The first kappa shape index (κ1) is 18.3. The van der Waals surface area contributed by atoms with E-state index in [2.05, 4.69) is 11.2 Å². The van der Waals surface area contributed by atoms with Crippen LogP contribution in [-0.2, 0) is 16.6 Å². The third kappa shape index (κ3) is 4.60. The van der Waals surface area contributed by atoms with Crippen molar-refractivity contribution in [2.45, 2.75) is 31.3 Å². The standard InChI is InChI=1S/C14H18Cl2N2O2S/c1-5-6-18(4)21(19,20)14-7-11(9-17-10(2)3)12(15)8-13(14)16/h1,7-8,10,17H,6,9H2,2-4H3. The average molecular weight is 349 g/mol. The monoisotopic (exact) mass is 348 g/mol. The molecule has 0 atom stereocenters. The summed E-state index contributed by atoms with van der Waals surface area (Å²) >= 11 is 12.1. The van der Waals surface area contributed by atoms with Crippen LogP contribution < -0.4 is 5.32 Å². The van der Waals surface area contributed by atoms with Gasteiger partial charge in [0.1, 0.15) is 4.90 Å². The fourth-order valence-corrected chi connectivity index (χ4v) is 3.52. The number of benzene rings is 1. The van der Waals surface area contributed by atoms with Crippen LogP contribution in [0.25, 0.3) is 0 Å². The zero-order chi connectivity index (χ0) is 16.2. The van der Waals surface area contributed by atoms with Gasteiger partial charge < -0.3 is 5.32 Å². The van der Waals surface area contributed by atoms with Crippen molar-refractivity contribution in [2.75, 3.05) is 13.6 Å². The quantitative estimate of drug-likeness (QED) is 0.804. The van der Waals surface area contributed by atoms with Crippen molar-refractivity contribution in [1.29, 1.82) is 0 Å². The lowest BCUT2D eigenvalue weighted by Gasteiger charge is -2.17. The molecular weight excluding hydrogens is 331 g/mol. The average Bonchev–Trinajstić information content (AvgIpc) is 2.37. The molecule has 0 heterocycles. The zero-order valence-electron chi connectivity index (χ0n) is 12.2. The van der Waals surface area contributed by atoms with Crippen molar-refractivity contribution in [1.82, 2.24) is 9.62 Å². The van der Waals surface area contributed by atoms with Gasteiger partial charge in [0, 0.05) is 24.7 Å². The number of hydrogen-bond donors (Lipinski definition) is 1. The first-order valence-electron chi connectivity index (χ1n) is 6.31. The number of nitrogens with zero attached hydrogens (tertiary/aromatic N) is 1. The minimum absolute atomic E-state index is 0.00636. The molecule has 0 aliphatic carbocycles. The SMILES string of the molecule is C#CCN(C)S(=O)(=O)c1cc(CNC(C)C)c(Cl)cc1Cl. The van der Waals surface area contributed by atoms with Gasteiger partial charge in [0.05, 0.1) is 11.6 Å². The molecule has 0 bridgehead atoms. The van der Waals surface area contributed by atoms with E-state index in [0.29, 0.717) is 17.1 Å². The van der Waals surface area contributed by atoms with E-state index < -0.39 is 10.0 Å².